The van der Waals surface area contributed by atoms with E-state index in [1.54, 1.807) is 0 Å². The molecule has 70 heavy (non-hydrogen) atoms. The van der Waals surface area contributed by atoms with Gasteiger partial charge in [-0.05, 0) is 181 Å². The van der Waals surface area contributed by atoms with Gasteiger partial charge in [0.15, 0.2) is 0 Å². The van der Waals surface area contributed by atoms with Crippen molar-refractivity contribution >= 4 is 17.9 Å². The van der Waals surface area contributed by atoms with Crippen molar-refractivity contribution in [1.29, 1.82) is 0 Å². The Morgan fingerprint density at radius 3 is 0.871 bits per heavy atom. The van der Waals surface area contributed by atoms with E-state index in [1.807, 2.05) is 36.4 Å². The number of nitrogens with zero attached hydrogens (tertiary/aromatic N) is 1. The van der Waals surface area contributed by atoms with Crippen LogP contribution in [0.5, 0.6) is 0 Å². The minimum Gasteiger partial charge on any atom is -0.481 e. The molecule has 3 saturated heterocycles. The summed E-state index contributed by atoms with van der Waals surface area (Å²) in [5.41, 5.74) is 13.0. The Bertz CT molecular complexity index is 2460. The van der Waals surface area contributed by atoms with E-state index in [1.165, 1.54) is 0 Å². The number of rotatable bonds is 21. The second-order valence-corrected chi connectivity index (χ2v) is 20.1. The van der Waals surface area contributed by atoms with Gasteiger partial charge in [-0.3, -0.25) is 19.3 Å². The van der Waals surface area contributed by atoms with Gasteiger partial charge in [-0.2, -0.15) is 0 Å². The lowest BCUT2D eigenvalue weighted by molar-refractivity contribution is -0.144. The number of hydrogen-bond acceptors (Lipinski definition) is 7. The van der Waals surface area contributed by atoms with Crippen molar-refractivity contribution in [3.63, 3.8) is 0 Å². The first kappa shape index (κ1) is 48.6. The van der Waals surface area contributed by atoms with Crippen LogP contribution in [0.3, 0.4) is 0 Å². The molecule has 0 aromatic heterocycles. The first-order chi connectivity index (χ1) is 34.1. The van der Waals surface area contributed by atoms with Crippen LogP contribution in [0, 0.1) is 35.5 Å². The standard InChI is InChI=1S/C60H66N4O6/c65-58(66)55(52-19-22-61-34-52)31-40-7-1-13-46(25-40)49-16-4-10-43(28-49)37-64(38-44-11-5-17-50(29-44)47-14-2-8-41(26-47)32-56(59(67)68)53-20-23-62-35-53)39-45-12-6-18-51(30-45)48-15-3-9-42(27-48)33-57(60(69)70)54-21-24-63-36-54/h1-18,25-30,52-57,61-63H,19-24,31-39H2,(H,65,66)(H,67,68)(H,69,70)/t52-,53-,54-,55-,56-,57-/m0/s1. The Labute approximate surface area is 412 Å². The molecule has 3 fully saturated rings. The maximum Gasteiger partial charge on any atom is 0.307 e. The monoisotopic (exact) mass is 938 g/mol. The van der Waals surface area contributed by atoms with Crippen molar-refractivity contribution in [1.82, 2.24) is 20.9 Å². The summed E-state index contributed by atoms with van der Waals surface area (Å²) in [6.07, 6.45) is 4.13. The zero-order chi connectivity index (χ0) is 48.4. The summed E-state index contributed by atoms with van der Waals surface area (Å²) >= 11 is 0. The number of benzene rings is 6. The quantitative estimate of drug-likeness (QED) is 0.0412. The molecule has 3 aliphatic heterocycles. The Morgan fingerprint density at radius 2 is 0.643 bits per heavy atom. The Morgan fingerprint density at radius 1 is 0.400 bits per heavy atom. The van der Waals surface area contributed by atoms with Gasteiger partial charge < -0.3 is 31.3 Å². The zero-order valence-corrected chi connectivity index (χ0v) is 39.9. The summed E-state index contributed by atoms with van der Waals surface area (Å²) in [6, 6.07) is 51.0. The largest absolute Gasteiger partial charge is 0.481 e. The smallest absolute Gasteiger partial charge is 0.307 e. The van der Waals surface area contributed by atoms with E-state index in [9.17, 15) is 29.7 Å². The molecular formula is C60H66N4O6. The molecule has 3 heterocycles. The maximum absolute atomic E-state index is 12.4. The average molecular weight is 939 g/mol. The second-order valence-electron chi connectivity index (χ2n) is 20.1. The molecule has 0 bridgehead atoms. The summed E-state index contributed by atoms with van der Waals surface area (Å²) in [7, 11) is 0. The molecule has 0 unspecified atom stereocenters. The van der Waals surface area contributed by atoms with Crippen molar-refractivity contribution in [3.8, 4) is 33.4 Å². The highest BCUT2D eigenvalue weighted by atomic mass is 16.4. The molecule has 0 amide bonds. The number of aliphatic carboxylic acids is 3. The average Bonchev–Trinajstić information content (AvgIpc) is 4.21. The molecule has 9 rings (SSSR count). The Balaban J connectivity index is 0.978. The molecule has 0 radical (unpaired) electrons. The molecule has 6 aromatic rings. The maximum atomic E-state index is 12.4. The molecule has 10 heteroatoms. The van der Waals surface area contributed by atoms with Crippen molar-refractivity contribution < 1.29 is 29.7 Å². The molecule has 362 valence electrons. The topological polar surface area (TPSA) is 151 Å². The summed E-state index contributed by atoms with van der Waals surface area (Å²) in [5.74, 6) is -3.12. The number of hydrogen-bond donors (Lipinski definition) is 6. The fraction of sp³-hybridized carbons (Fsp3) is 0.350. The third-order valence-electron chi connectivity index (χ3n) is 15.1. The van der Waals surface area contributed by atoms with Crippen LogP contribution in [0.4, 0.5) is 0 Å². The Hall–Kier alpha value is -6.43. The van der Waals surface area contributed by atoms with Crippen LogP contribution < -0.4 is 16.0 Å². The van der Waals surface area contributed by atoms with Gasteiger partial charge in [-0.1, -0.05) is 127 Å². The van der Waals surface area contributed by atoms with Crippen LogP contribution in [0.1, 0.15) is 52.6 Å². The lowest BCUT2D eigenvalue weighted by Gasteiger charge is -2.24. The highest BCUT2D eigenvalue weighted by Crippen LogP contribution is 2.32. The van der Waals surface area contributed by atoms with Crippen molar-refractivity contribution in [2.24, 2.45) is 35.5 Å². The fourth-order valence-corrected chi connectivity index (χ4v) is 11.3. The van der Waals surface area contributed by atoms with Crippen LogP contribution in [0.25, 0.3) is 33.4 Å². The third-order valence-corrected chi connectivity index (χ3v) is 15.1. The predicted octanol–water partition coefficient (Wildman–Crippen LogP) is 9.45. The van der Waals surface area contributed by atoms with Gasteiger partial charge in [0.1, 0.15) is 0 Å². The van der Waals surface area contributed by atoms with Gasteiger partial charge >= 0.3 is 17.9 Å². The first-order valence-electron chi connectivity index (χ1n) is 25.2. The normalized spacial score (nSPS) is 19.2. The van der Waals surface area contributed by atoms with E-state index >= 15 is 0 Å². The second kappa shape index (κ2) is 23.0. The van der Waals surface area contributed by atoms with Crippen LogP contribution in [0.15, 0.2) is 146 Å². The van der Waals surface area contributed by atoms with E-state index in [4.69, 9.17) is 0 Å². The van der Waals surface area contributed by atoms with Gasteiger partial charge in [0.25, 0.3) is 0 Å². The predicted molar refractivity (Wildman–Crippen MR) is 276 cm³/mol. The van der Waals surface area contributed by atoms with Gasteiger partial charge in [0, 0.05) is 19.6 Å². The lowest BCUT2D eigenvalue weighted by Crippen LogP contribution is -2.27. The van der Waals surface area contributed by atoms with Crippen LogP contribution in [-0.2, 0) is 53.3 Å². The molecular weight excluding hydrogens is 873 g/mol. The summed E-state index contributed by atoms with van der Waals surface area (Å²) in [4.78, 5) is 39.6. The summed E-state index contributed by atoms with van der Waals surface area (Å²) < 4.78 is 0. The fourth-order valence-electron chi connectivity index (χ4n) is 11.3. The summed E-state index contributed by atoms with van der Waals surface area (Å²) in [5, 5.41) is 40.5. The number of carboxylic acid groups (broad SMARTS) is 3. The Kier molecular flexibility index (Phi) is 16.0. The van der Waals surface area contributed by atoms with E-state index in [0.29, 0.717) is 38.9 Å². The van der Waals surface area contributed by atoms with Gasteiger partial charge in [0.2, 0.25) is 0 Å². The molecule has 6 aromatic carbocycles. The highest BCUT2D eigenvalue weighted by molar-refractivity contribution is 5.73. The zero-order valence-electron chi connectivity index (χ0n) is 39.9. The van der Waals surface area contributed by atoms with E-state index in [0.717, 1.165) is 125 Å². The molecule has 10 nitrogen and oxygen atoms in total. The van der Waals surface area contributed by atoms with Crippen molar-refractivity contribution in [2.45, 2.75) is 58.2 Å². The highest BCUT2D eigenvalue weighted by Gasteiger charge is 2.33. The van der Waals surface area contributed by atoms with Crippen LogP contribution >= 0.6 is 0 Å². The van der Waals surface area contributed by atoms with Gasteiger partial charge in [0.05, 0.1) is 17.8 Å². The SMILES string of the molecule is O=C(O)[C@@H](Cc1cccc(-c2cccc(CN(Cc3cccc(-c4cccc(C[C@H](C(=O)O)[C@H]5CCNC5)c4)c3)Cc3cccc(-c4cccc(C[C@H](C(=O)O)[C@H]5CCNC5)c4)c3)c2)c1)[C@H]1CCNC1. The third kappa shape index (κ3) is 12.5. The first-order valence-corrected chi connectivity index (χ1v) is 25.2. The summed E-state index contributed by atoms with van der Waals surface area (Å²) in [6.45, 7) is 6.82. The number of nitrogens with one attached hydrogen (secondary N) is 3. The molecule has 6 N–H and O–H groups in total. The lowest BCUT2D eigenvalue weighted by atomic mass is 9.85. The van der Waals surface area contributed by atoms with Gasteiger partial charge in [-0.25, -0.2) is 0 Å². The van der Waals surface area contributed by atoms with Crippen LogP contribution in [0.2, 0.25) is 0 Å². The minimum atomic E-state index is -0.734. The van der Waals surface area contributed by atoms with Gasteiger partial charge in [-0.15, -0.1) is 0 Å². The van der Waals surface area contributed by atoms with Crippen molar-refractivity contribution in [3.05, 3.63) is 179 Å². The molecule has 0 spiro atoms. The van der Waals surface area contributed by atoms with E-state index < -0.39 is 35.7 Å². The number of carbonyl (C=O) groups is 3. The number of carboxylic acids is 3. The molecule has 0 saturated carbocycles. The molecule has 6 atom stereocenters. The molecule has 3 aliphatic rings. The van der Waals surface area contributed by atoms with E-state index in [2.05, 4.69) is 130 Å². The van der Waals surface area contributed by atoms with E-state index in [-0.39, 0.29) is 17.8 Å². The molecule has 0 aliphatic carbocycles. The minimum absolute atomic E-state index is 0.124. The van der Waals surface area contributed by atoms with Crippen LogP contribution in [-0.4, -0.2) is 77.4 Å². The van der Waals surface area contributed by atoms with Crippen molar-refractivity contribution in [2.75, 3.05) is 39.3 Å².